The molecule has 0 atom stereocenters. The van der Waals surface area contributed by atoms with Crippen molar-refractivity contribution in [2.75, 3.05) is 7.11 Å². The minimum atomic E-state index is 0.00532. The molecule has 0 spiro atoms. The molecule has 0 saturated heterocycles. The smallest absolute Gasteiger partial charge is 0.196 e. The summed E-state index contributed by atoms with van der Waals surface area (Å²) in [4.78, 5) is 15.9. The second-order valence-electron chi connectivity index (χ2n) is 4.39. The maximum atomic E-state index is 12.7. The number of rotatable bonds is 3. The first-order chi connectivity index (χ1) is 9.72. The van der Waals surface area contributed by atoms with Gasteiger partial charge in [0, 0.05) is 20.8 Å². The predicted molar refractivity (Wildman–Crippen MR) is 87.4 cm³/mol. The van der Waals surface area contributed by atoms with Crippen LogP contribution in [-0.2, 0) is 0 Å². The fourth-order valence-corrected chi connectivity index (χ4v) is 2.92. The number of benzene rings is 2. The second kappa shape index (κ2) is 5.28. The second-order valence-corrected chi connectivity index (χ2v) is 5.56. The summed E-state index contributed by atoms with van der Waals surface area (Å²) in [7, 11) is 1.61. The zero-order chi connectivity index (χ0) is 14.1. The van der Waals surface area contributed by atoms with Crippen LogP contribution >= 0.6 is 22.6 Å². The van der Waals surface area contributed by atoms with Gasteiger partial charge in [0.05, 0.1) is 18.1 Å². The number of ketones is 1. The molecule has 0 unspecified atom stereocenters. The van der Waals surface area contributed by atoms with Crippen LogP contribution in [0.25, 0.3) is 10.9 Å². The molecule has 3 nitrogen and oxygen atoms in total. The highest BCUT2D eigenvalue weighted by molar-refractivity contribution is 14.1. The fourth-order valence-electron chi connectivity index (χ4n) is 2.29. The highest BCUT2D eigenvalue weighted by atomic mass is 127. The van der Waals surface area contributed by atoms with E-state index in [2.05, 4.69) is 27.6 Å². The molecule has 0 radical (unpaired) electrons. The van der Waals surface area contributed by atoms with Gasteiger partial charge < -0.3 is 9.72 Å². The molecule has 1 aromatic heterocycles. The molecule has 2 aromatic carbocycles. The van der Waals surface area contributed by atoms with Gasteiger partial charge in [-0.05, 0) is 46.9 Å². The highest BCUT2D eigenvalue weighted by Gasteiger charge is 2.18. The van der Waals surface area contributed by atoms with E-state index in [1.54, 1.807) is 13.3 Å². The maximum Gasteiger partial charge on any atom is 0.196 e. The van der Waals surface area contributed by atoms with Gasteiger partial charge in [-0.3, -0.25) is 4.79 Å². The molecule has 100 valence electrons. The van der Waals surface area contributed by atoms with Crippen molar-refractivity contribution in [2.45, 2.75) is 0 Å². The van der Waals surface area contributed by atoms with Crippen LogP contribution in [0.4, 0.5) is 0 Å². The number of carbonyl (C=O) groups is 1. The lowest BCUT2D eigenvalue weighted by Gasteiger charge is -2.05. The molecule has 4 heteroatoms. The highest BCUT2D eigenvalue weighted by Crippen LogP contribution is 2.30. The predicted octanol–water partition coefficient (Wildman–Crippen LogP) is 4.01. The van der Waals surface area contributed by atoms with E-state index >= 15 is 0 Å². The lowest BCUT2D eigenvalue weighted by molar-refractivity contribution is 0.103. The van der Waals surface area contributed by atoms with Gasteiger partial charge in [0.1, 0.15) is 5.75 Å². The van der Waals surface area contributed by atoms with Crippen LogP contribution in [0.2, 0.25) is 0 Å². The summed E-state index contributed by atoms with van der Waals surface area (Å²) in [6.45, 7) is 0. The number of fused-ring (bicyclic) bond motifs is 1. The van der Waals surface area contributed by atoms with Gasteiger partial charge in [-0.1, -0.05) is 18.2 Å². The Morgan fingerprint density at radius 2 is 1.90 bits per heavy atom. The van der Waals surface area contributed by atoms with Crippen LogP contribution in [0.1, 0.15) is 15.9 Å². The van der Waals surface area contributed by atoms with Crippen molar-refractivity contribution < 1.29 is 9.53 Å². The Balaban J connectivity index is 2.20. The van der Waals surface area contributed by atoms with Gasteiger partial charge in [-0.15, -0.1) is 0 Å². The lowest BCUT2D eigenvalue weighted by Crippen LogP contribution is -2.03. The number of halogens is 1. The van der Waals surface area contributed by atoms with E-state index in [0.717, 1.165) is 14.5 Å². The number of aromatic nitrogens is 1. The van der Waals surface area contributed by atoms with E-state index < -0.39 is 0 Å². The van der Waals surface area contributed by atoms with Crippen LogP contribution in [-0.4, -0.2) is 17.9 Å². The quantitative estimate of drug-likeness (QED) is 0.554. The number of H-pyrrole nitrogens is 1. The molecule has 0 amide bonds. The molecule has 3 aromatic rings. The first-order valence-electron chi connectivity index (χ1n) is 6.15. The Labute approximate surface area is 130 Å². The van der Waals surface area contributed by atoms with E-state index in [1.807, 2.05) is 42.5 Å². The Morgan fingerprint density at radius 3 is 2.65 bits per heavy atom. The van der Waals surface area contributed by atoms with E-state index in [1.165, 1.54) is 0 Å². The van der Waals surface area contributed by atoms with Crippen LogP contribution in [0.5, 0.6) is 5.75 Å². The summed E-state index contributed by atoms with van der Waals surface area (Å²) in [5.41, 5.74) is 2.25. The topological polar surface area (TPSA) is 42.1 Å². The molecule has 0 saturated carbocycles. The number of hydrogen-bond acceptors (Lipinski definition) is 2. The Kier molecular flexibility index (Phi) is 3.48. The van der Waals surface area contributed by atoms with Crippen molar-refractivity contribution in [3.8, 4) is 5.75 Å². The Bertz CT molecular complexity index is 792. The molecule has 0 bridgehead atoms. The number of hydrogen-bond donors (Lipinski definition) is 1. The van der Waals surface area contributed by atoms with E-state index in [4.69, 9.17) is 4.74 Å². The van der Waals surface area contributed by atoms with Crippen LogP contribution in [0.3, 0.4) is 0 Å². The number of methoxy groups -OCH3 is 1. The van der Waals surface area contributed by atoms with Crippen LogP contribution in [0, 0.1) is 3.57 Å². The largest absolute Gasteiger partial charge is 0.496 e. The molecule has 20 heavy (non-hydrogen) atoms. The summed E-state index contributed by atoms with van der Waals surface area (Å²) in [6, 6.07) is 13.3. The summed E-state index contributed by atoms with van der Waals surface area (Å²) >= 11 is 2.18. The van der Waals surface area contributed by atoms with Crippen molar-refractivity contribution in [2.24, 2.45) is 0 Å². The summed E-state index contributed by atoms with van der Waals surface area (Å²) < 4.78 is 6.31. The number of ether oxygens (including phenoxy) is 1. The van der Waals surface area contributed by atoms with Crippen LogP contribution in [0.15, 0.2) is 48.7 Å². The Hall–Kier alpha value is -1.82. The van der Waals surface area contributed by atoms with Gasteiger partial charge in [-0.2, -0.15) is 0 Å². The SMILES string of the molecule is COc1cccc2[nH]cc(C(=O)c3ccccc3I)c12. The van der Waals surface area contributed by atoms with Crippen molar-refractivity contribution in [1.82, 2.24) is 4.98 Å². The lowest BCUT2D eigenvalue weighted by atomic mass is 10.0. The third-order valence-corrected chi connectivity index (χ3v) is 4.19. The van der Waals surface area contributed by atoms with Crippen molar-refractivity contribution >= 4 is 39.3 Å². The maximum absolute atomic E-state index is 12.7. The van der Waals surface area contributed by atoms with E-state index in [0.29, 0.717) is 16.9 Å². The standard InChI is InChI=1S/C16H12INO2/c1-20-14-8-4-7-13-15(14)11(9-18-13)16(19)10-5-2-3-6-12(10)17/h2-9,18H,1H3. The summed E-state index contributed by atoms with van der Waals surface area (Å²) in [5, 5.41) is 0.833. The molecule has 0 aliphatic heterocycles. The summed E-state index contributed by atoms with van der Waals surface area (Å²) in [6.07, 6.45) is 1.75. The van der Waals surface area contributed by atoms with Gasteiger partial charge >= 0.3 is 0 Å². The summed E-state index contributed by atoms with van der Waals surface area (Å²) in [5.74, 6) is 0.712. The molecule has 0 aliphatic rings. The fraction of sp³-hybridized carbons (Fsp3) is 0.0625. The molecule has 0 fully saturated rings. The van der Waals surface area contributed by atoms with Gasteiger partial charge in [0.25, 0.3) is 0 Å². The normalized spacial score (nSPS) is 10.7. The third kappa shape index (κ3) is 2.10. The minimum Gasteiger partial charge on any atom is -0.496 e. The molecule has 3 rings (SSSR count). The molecular formula is C16H12INO2. The van der Waals surface area contributed by atoms with Crippen molar-refractivity contribution in [3.63, 3.8) is 0 Å². The average molecular weight is 377 g/mol. The zero-order valence-corrected chi connectivity index (χ0v) is 13.0. The minimum absolute atomic E-state index is 0.00532. The van der Waals surface area contributed by atoms with Crippen molar-refractivity contribution in [1.29, 1.82) is 0 Å². The molecule has 0 aliphatic carbocycles. The number of nitrogens with one attached hydrogen (secondary N) is 1. The zero-order valence-electron chi connectivity index (χ0n) is 10.8. The molecule has 1 heterocycles. The molecule has 1 N–H and O–H groups in total. The van der Waals surface area contributed by atoms with E-state index in [9.17, 15) is 4.79 Å². The number of aromatic amines is 1. The number of carbonyl (C=O) groups excluding carboxylic acids is 1. The Morgan fingerprint density at radius 1 is 1.10 bits per heavy atom. The van der Waals surface area contributed by atoms with Crippen molar-refractivity contribution in [3.05, 3.63) is 63.4 Å². The first-order valence-corrected chi connectivity index (χ1v) is 7.23. The van der Waals surface area contributed by atoms with E-state index in [-0.39, 0.29) is 5.78 Å². The van der Waals surface area contributed by atoms with Gasteiger partial charge in [0.2, 0.25) is 0 Å². The monoisotopic (exact) mass is 377 g/mol. The average Bonchev–Trinajstić information content (AvgIpc) is 2.91. The van der Waals surface area contributed by atoms with Gasteiger partial charge in [0.15, 0.2) is 5.78 Å². The van der Waals surface area contributed by atoms with Gasteiger partial charge in [-0.25, -0.2) is 0 Å². The van der Waals surface area contributed by atoms with Crippen LogP contribution < -0.4 is 4.74 Å². The first kappa shape index (κ1) is 13.2. The third-order valence-electron chi connectivity index (χ3n) is 3.25. The molecular weight excluding hydrogens is 365 g/mol.